The molecule has 5 heteroatoms. The van der Waals surface area contributed by atoms with Crippen molar-refractivity contribution in [1.82, 2.24) is 0 Å². The second kappa shape index (κ2) is 5.81. The first kappa shape index (κ1) is 13.5. The summed E-state index contributed by atoms with van der Waals surface area (Å²) in [5.74, 6) is -0.888. The molecular formula is C14H9BrF2N2. The summed E-state index contributed by atoms with van der Waals surface area (Å²) < 4.78 is 27.0. The smallest absolute Gasteiger partial charge is 0.140 e. The van der Waals surface area contributed by atoms with Gasteiger partial charge in [-0.05, 0) is 51.8 Å². The molecule has 0 spiro atoms. The van der Waals surface area contributed by atoms with Crippen molar-refractivity contribution in [3.05, 3.63) is 63.6 Å². The average molecular weight is 323 g/mol. The van der Waals surface area contributed by atoms with Crippen molar-refractivity contribution in [2.45, 2.75) is 6.54 Å². The molecule has 0 bridgehead atoms. The van der Waals surface area contributed by atoms with Gasteiger partial charge in [-0.3, -0.25) is 0 Å². The summed E-state index contributed by atoms with van der Waals surface area (Å²) in [5.41, 5.74) is 1.34. The van der Waals surface area contributed by atoms with Gasteiger partial charge >= 0.3 is 0 Å². The minimum Gasteiger partial charge on any atom is -0.380 e. The maximum absolute atomic E-state index is 13.2. The molecule has 0 aromatic heterocycles. The Morgan fingerprint density at radius 1 is 1.16 bits per heavy atom. The lowest BCUT2D eigenvalue weighted by Gasteiger charge is -2.09. The Morgan fingerprint density at radius 3 is 2.68 bits per heavy atom. The molecule has 2 rings (SSSR count). The van der Waals surface area contributed by atoms with Crippen molar-refractivity contribution in [3.63, 3.8) is 0 Å². The second-order valence-corrected chi connectivity index (χ2v) is 4.76. The zero-order chi connectivity index (χ0) is 13.8. The lowest BCUT2D eigenvalue weighted by atomic mass is 10.1. The van der Waals surface area contributed by atoms with Gasteiger partial charge in [0.05, 0.1) is 11.3 Å². The number of rotatable bonds is 3. The van der Waals surface area contributed by atoms with E-state index in [-0.39, 0.29) is 11.4 Å². The van der Waals surface area contributed by atoms with E-state index in [0.717, 1.165) is 10.0 Å². The van der Waals surface area contributed by atoms with E-state index in [1.807, 2.05) is 0 Å². The van der Waals surface area contributed by atoms with Crippen LogP contribution in [0.1, 0.15) is 11.1 Å². The largest absolute Gasteiger partial charge is 0.380 e. The molecule has 2 nitrogen and oxygen atoms in total. The third kappa shape index (κ3) is 3.30. The van der Waals surface area contributed by atoms with Gasteiger partial charge in [0.2, 0.25) is 0 Å². The third-order valence-electron chi connectivity index (χ3n) is 2.56. The maximum atomic E-state index is 13.2. The van der Waals surface area contributed by atoms with Crippen LogP contribution in [0.25, 0.3) is 0 Å². The summed E-state index contributed by atoms with van der Waals surface area (Å²) in [7, 11) is 0. The average Bonchev–Trinajstić information content (AvgIpc) is 2.41. The Hall–Kier alpha value is -1.93. The Kier molecular flexibility index (Phi) is 4.13. The van der Waals surface area contributed by atoms with E-state index in [0.29, 0.717) is 12.2 Å². The van der Waals surface area contributed by atoms with Crippen LogP contribution in [0, 0.1) is 23.0 Å². The van der Waals surface area contributed by atoms with Crippen LogP contribution in [0.3, 0.4) is 0 Å². The van der Waals surface area contributed by atoms with E-state index in [1.165, 1.54) is 24.3 Å². The molecule has 0 unspecified atom stereocenters. The predicted octanol–water partition coefficient (Wildman–Crippen LogP) is 4.21. The number of benzene rings is 2. The highest BCUT2D eigenvalue weighted by atomic mass is 79.9. The molecule has 2 aromatic carbocycles. The van der Waals surface area contributed by atoms with Crippen molar-refractivity contribution in [1.29, 1.82) is 5.26 Å². The molecule has 19 heavy (non-hydrogen) atoms. The Bertz CT molecular complexity index is 650. The van der Waals surface area contributed by atoms with E-state index in [9.17, 15) is 8.78 Å². The number of anilines is 1. The van der Waals surface area contributed by atoms with Crippen LogP contribution in [0.2, 0.25) is 0 Å². The van der Waals surface area contributed by atoms with Gasteiger partial charge < -0.3 is 5.32 Å². The lowest BCUT2D eigenvalue weighted by Crippen LogP contribution is -2.01. The van der Waals surface area contributed by atoms with Crippen molar-refractivity contribution >= 4 is 21.6 Å². The van der Waals surface area contributed by atoms with Gasteiger partial charge in [-0.1, -0.05) is 6.07 Å². The summed E-state index contributed by atoms with van der Waals surface area (Å²) in [6.07, 6.45) is 0. The molecule has 0 radical (unpaired) electrons. The van der Waals surface area contributed by atoms with Crippen LogP contribution in [-0.2, 0) is 6.54 Å². The molecule has 96 valence electrons. The molecule has 0 atom stereocenters. The fourth-order valence-electron chi connectivity index (χ4n) is 1.60. The second-order valence-electron chi connectivity index (χ2n) is 3.90. The van der Waals surface area contributed by atoms with Gasteiger partial charge in [0, 0.05) is 11.0 Å². The molecule has 0 heterocycles. The first-order chi connectivity index (χ1) is 9.10. The zero-order valence-electron chi connectivity index (χ0n) is 9.75. The summed E-state index contributed by atoms with van der Waals surface area (Å²) >= 11 is 3.30. The van der Waals surface area contributed by atoms with Crippen molar-refractivity contribution in [3.8, 4) is 6.07 Å². The van der Waals surface area contributed by atoms with Crippen molar-refractivity contribution in [2.24, 2.45) is 0 Å². The Morgan fingerprint density at radius 2 is 1.95 bits per heavy atom. The van der Waals surface area contributed by atoms with Crippen LogP contribution in [0.4, 0.5) is 14.5 Å². The molecule has 0 aliphatic carbocycles. The Balaban J connectivity index is 2.15. The minimum absolute atomic E-state index is 0.00221. The van der Waals surface area contributed by atoms with E-state index in [2.05, 4.69) is 21.2 Å². The van der Waals surface area contributed by atoms with Crippen LogP contribution < -0.4 is 5.32 Å². The predicted molar refractivity (Wildman–Crippen MR) is 72.5 cm³/mol. The molecule has 0 aliphatic rings. The number of hydrogen-bond acceptors (Lipinski definition) is 2. The highest BCUT2D eigenvalue weighted by Gasteiger charge is 2.04. The topological polar surface area (TPSA) is 35.8 Å². The van der Waals surface area contributed by atoms with Gasteiger partial charge in [-0.2, -0.15) is 5.26 Å². The normalized spacial score (nSPS) is 10.0. The van der Waals surface area contributed by atoms with Gasteiger partial charge in [0.25, 0.3) is 0 Å². The number of nitrogens with zero attached hydrogens (tertiary/aromatic N) is 1. The van der Waals surface area contributed by atoms with Crippen LogP contribution in [0.15, 0.2) is 40.9 Å². The number of halogens is 3. The molecule has 0 aliphatic heterocycles. The van der Waals surface area contributed by atoms with Crippen LogP contribution in [0.5, 0.6) is 0 Å². The highest BCUT2D eigenvalue weighted by molar-refractivity contribution is 9.10. The fourth-order valence-corrected chi connectivity index (χ4v) is 1.99. The SMILES string of the molecule is N#Cc1cc(CNc2cc(F)ccc2Br)ccc1F. The highest BCUT2D eigenvalue weighted by Crippen LogP contribution is 2.23. The maximum Gasteiger partial charge on any atom is 0.140 e. The number of hydrogen-bond donors (Lipinski definition) is 1. The Labute approximate surface area is 117 Å². The van der Waals surface area contributed by atoms with E-state index < -0.39 is 5.82 Å². The van der Waals surface area contributed by atoms with Crippen molar-refractivity contribution in [2.75, 3.05) is 5.32 Å². The fraction of sp³-hybridized carbons (Fsp3) is 0.0714. The minimum atomic E-state index is -0.543. The summed E-state index contributed by atoms with van der Waals surface area (Å²) in [4.78, 5) is 0. The molecular weight excluding hydrogens is 314 g/mol. The van der Waals surface area contributed by atoms with E-state index >= 15 is 0 Å². The third-order valence-corrected chi connectivity index (χ3v) is 3.25. The van der Waals surface area contributed by atoms with Crippen LogP contribution >= 0.6 is 15.9 Å². The van der Waals surface area contributed by atoms with E-state index in [4.69, 9.17) is 5.26 Å². The van der Waals surface area contributed by atoms with Crippen LogP contribution in [-0.4, -0.2) is 0 Å². The summed E-state index contributed by atoms with van der Waals surface area (Å²) in [6, 6.07) is 10.4. The van der Waals surface area contributed by atoms with Gasteiger partial charge in [-0.15, -0.1) is 0 Å². The monoisotopic (exact) mass is 322 g/mol. The molecule has 0 fully saturated rings. The quantitative estimate of drug-likeness (QED) is 0.918. The lowest BCUT2D eigenvalue weighted by molar-refractivity contribution is 0.623. The molecule has 0 amide bonds. The van der Waals surface area contributed by atoms with Gasteiger partial charge in [0.1, 0.15) is 17.7 Å². The van der Waals surface area contributed by atoms with Crippen molar-refractivity contribution < 1.29 is 8.78 Å². The summed E-state index contributed by atoms with van der Waals surface area (Å²) in [6.45, 7) is 0.372. The number of nitriles is 1. The van der Waals surface area contributed by atoms with Gasteiger partial charge in [-0.25, -0.2) is 8.78 Å². The first-order valence-electron chi connectivity index (χ1n) is 5.47. The molecule has 0 saturated carbocycles. The van der Waals surface area contributed by atoms with E-state index in [1.54, 1.807) is 18.2 Å². The van der Waals surface area contributed by atoms with Gasteiger partial charge in [0.15, 0.2) is 0 Å². The molecule has 1 N–H and O–H groups in total. The standard InChI is InChI=1S/C14H9BrF2N2/c15-12-3-2-11(16)6-14(12)19-8-9-1-4-13(17)10(5-9)7-18/h1-6,19H,8H2. The zero-order valence-corrected chi connectivity index (χ0v) is 11.3. The molecule has 2 aromatic rings. The molecule has 0 saturated heterocycles. The summed E-state index contributed by atoms with van der Waals surface area (Å²) in [5, 5.41) is 11.8. The number of nitrogens with one attached hydrogen (secondary N) is 1. The first-order valence-corrected chi connectivity index (χ1v) is 6.27.